The van der Waals surface area contributed by atoms with Gasteiger partial charge in [0, 0.05) is 12.0 Å². The SMILES string of the molecule is Cc1ccc(CCCC(=O)CS(=O)(=O)Cc2nc(-c3ccccc3C)oc2C)cc1. The molecule has 0 aliphatic carbocycles. The molecular formula is C24H27NO4S. The molecule has 0 radical (unpaired) electrons. The molecule has 0 unspecified atom stereocenters. The number of aryl methyl sites for hydroxylation is 4. The van der Waals surface area contributed by atoms with E-state index in [1.807, 2.05) is 62.4 Å². The van der Waals surface area contributed by atoms with Crippen molar-refractivity contribution in [1.82, 2.24) is 4.98 Å². The van der Waals surface area contributed by atoms with E-state index < -0.39 is 15.6 Å². The van der Waals surface area contributed by atoms with Crippen molar-refractivity contribution in [3.05, 3.63) is 76.7 Å². The monoisotopic (exact) mass is 425 g/mol. The third-order valence-electron chi connectivity index (χ3n) is 5.05. The Morgan fingerprint density at radius 1 is 1.00 bits per heavy atom. The number of carbonyl (C=O) groups is 1. The van der Waals surface area contributed by atoms with Crippen LogP contribution in [-0.4, -0.2) is 24.9 Å². The van der Waals surface area contributed by atoms with Crippen LogP contribution in [0.5, 0.6) is 0 Å². The van der Waals surface area contributed by atoms with Gasteiger partial charge in [-0.3, -0.25) is 4.79 Å². The van der Waals surface area contributed by atoms with Crippen LogP contribution >= 0.6 is 0 Å². The Labute approximate surface area is 178 Å². The maximum atomic E-state index is 12.5. The van der Waals surface area contributed by atoms with Crippen molar-refractivity contribution < 1.29 is 17.6 Å². The molecule has 6 heteroatoms. The quantitative estimate of drug-likeness (QED) is 0.493. The summed E-state index contributed by atoms with van der Waals surface area (Å²) in [6, 6.07) is 15.8. The van der Waals surface area contributed by atoms with Crippen molar-refractivity contribution in [3.8, 4) is 11.5 Å². The van der Waals surface area contributed by atoms with Gasteiger partial charge in [0.2, 0.25) is 5.89 Å². The molecule has 158 valence electrons. The molecular weight excluding hydrogens is 398 g/mol. The van der Waals surface area contributed by atoms with E-state index in [1.54, 1.807) is 6.92 Å². The highest BCUT2D eigenvalue weighted by atomic mass is 32.2. The normalized spacial score (nSPS) is 11.6. The highest BCUT2D eigenvalue weighted by molar-refractivity contribution is 7.91. The second-order valence-corrected chi connectivity index (χ2v) is 9.81. The second-order valence-electron chi connectivity index (χ2n) is 7.75. The highest BCUT2D eigenvalue weighted by Crippen LogP contribution is 2.25. The van der Waals surface area contributed by atoms with Crippen LogP contribution in [0, 0.1) is 20.8 Å². The van der Waals surface area contributed by atoms with E-state index >= 15 is 0 Å². The largest absolute Gasteiger partial charge is 0.441 e. The van der Waals surface area contributed by atoms with Crippen molar-refractivity contribution in [2.24, 2.45) is 0 Å². The van der Waals surface area contributed by atoms with Crippen LogP contribution in [0.2, 0.25) is 0 Å². The molecule has 0 spiro atoms. The lowest BCUT2D eigenvalue weighted by Crippen LogP contribution is -2.18. The number of benzene rings is 2. The van der Waals surface area contributed by atoms with Crippen LogP contribution in [0.15, 0.2) is 52.9 Å². The Morgan fingerprint density at radius 3 is 2.40 bits per heavy atom. The van der Waals surface area contributed by atoms with E-state index in [9.17, 15) is 13.2 Å². The van der Waals surface area contributed by atoms with Gasteiger partial charge in [0.05, 0.1) is 11.4 Å². The summed E-state index contributed by atoms with van der Waals surface area (Å²) >= 11 is 0. The van der Waals surface area contributed by atoms with Gasteiger partial charge in [-0.1, -0.05) is 48.0 Å². The molecule has 0 aliphatic heterocycles. The number of Topliss-reactive ketones (excluding diaryl/α,β-unsaturated/α-hetero) is 1. The summed E-state index contributed by atoms with van der Waals surface area (Å²) in [5.41, 5.74) is 4.53. The van der Waals surface area contributed by atoms with Gasteiger partial charge in [-0.05, 0) is 50.8 Å². The Morgan fingerprint density at radius 2 is 1.70 bits per heavy atom. The molecule has 3 aromatic rings. The fourth-order valence-electron chi connectivity index (χ4n) is 3.31. The minimum absolute atomic E-state index is 0.249. The first-order chi connectivity index (χ1) is 14.2. The number of carbonyl (C=O) groups excluding carboxylic acids is 1. The van der Waals surface area contributed by atoms with Crippen molar-refractivity contribution in [2.45, 2.75) is 45.8 Å². The molecule has 3 rings (SSSR count). The molecule has 1 heterocycles. The van der Waals surface area contributed by atoms with Gasteiger partial charge >= 0.3 is 0 Å². The molecule has 0 saturated heterocycles. The van der Waals surface area contributed by atoms with Gasteiger partial charge < -0.3 is 4.42 Å². The summed E-state index contributed by atoms with van der Waals surface area (Å²) < 4.78 is 30.8. The summed E-state index contributed by atoms with van der Waals surface area (Å²) in [7, 11) is -3.61. The van der Waals surface area contributed by atoms with Crippen molar-refractivity contribution in [1.29, 1.82) is 0 Å². The number of ketones is 1. The standard InChI is InChI=1S/C24H27NO4S/c1-17-11-13-20(14-12-17)8-6-9-21(26)15-30(27,28)16-23-19(3)29-24(25-23)22-10-5-4-7-18(22)2/h4-5,7,10-14H,6,8-9,15-16H2,1-3H3. The third-order valence-corrected chi connectivity index (χ3v) is 6.52. The number of aromatic nitrogens is 1. The van der Waals surface area contributed by atoms with E-state index in [-0.39, 0.29) is 18.0 Å². The summed E-state index contributed by atoms with van der Waals surface area (Å²) in [4.78, 5) is 16.6. The van der Waals surface area contributed by atoms with Crippen LogP contribution in [0.1, 0.15) is 41.0 Å². The third kappa shape index (κ3) is 5.89. The van der Waals surface area contributed by atoms with Gasteiger partial charge in [0.25, 0.3) is 0 Å². The Hall–Kier alpha value is -2.73. The molecule has 0 fully saturated rings. The minimum atomic E-state index is -3.61. The van der Waals surface area contributed by atoms with Crippen LogP contribution in [0.25, 0.3) is 11.5 Å². The van der Waals surface area contributed by atoms with E-state index in [2.05, 4.69) is 4.98 Å². The molecule has 30 heavy (non-hydrogen) atoms. The molecule has 1 aromatic heterocycles. The number of oxazole rings is 1. The summed E-state index contributed by atoms with van der Waals surface area (Å²) in [6.45, 7) is 5.67. The van der Waals surface area contributed by atoms with E-state index in [1.165, 1.54) is 5.56 Å². The number of hydrogen-bond donors (Lipinski definition) is 0. The molecule has 0 bridgehead atoms. The van der Waals surface area contributed by atoms with E-state index in [0.29, 0.717) is 23.8 Å². The highest BCUT2D eigenvalue weighted by Gasteiger charge is 2.22. The van der Waals surface area contributed by atoms with Gasteiger partial charge in [-0.2, -0.15) is 0 Å². The number of rotatable bonds is 9. The lowest BCUT2D eigenvalue weighted by atomic mass is 10.1. The molecule has 0 atom stereocenters. The number of sulfone groups is 1. The van der Waals surface area contributed by atoms with Crippen molar-refractivity contribution in [3.63, 3.8) is 0 Å². The van der Waals surface area contributed by atoms with Gasteiger partial charge in [-0.25, -0.2) is 13.4 Å². The predicted octanol–water partition coefficient (Wildman–Crippen LogP) is 4.77. The maximum Gasteiger partial charge on any atom is 0.226 e. The first kappa shape index (κ1) is 22.0. The smallest absolute Gasteiger partial charge is 0.226 e. The Bertz CT molecular complexity index is 1130. The Kier molecular flexibility index (Phi) is 6.87. The van der Waals surface area contributed by atoms with Crippen LogP contribution in [0.4, 0.5) is 0 Å². The first-order valence-corrected chi connectivity index (χ1v) is 11.9. The zero-order chi connectivity index (χ0) is 21.7. The lowest BCUT2D eigenvalue weighted by Gasteiger charge is -2.04. The zero-order valence-electron chi connectivity index (χ0n) is 17.6. The number of hydrogen-bond acceptors (Lipinski definition) is 5. The van der Waals surface area contributed by atoms with Gasteiger partial charge in [-0.15, -0.1) is 0 Å². The molecule has 2 aromatic carbocycles. The summed E-state index contributed by atoms with van der Waals surface area (Å²) in [5, 5.41) is 0. The maximum absolute atomic E-state index is 12.5. The Balaban J connectivity index is 1.57. The van der Waals surface area contributed by atoms with E-state index in [4.69, 9.17) is 4.42 Å². The zero-order valence-corrected chi connectivity index (χ0v) is 18.5. The van der Waals surface area contributed by atoms with E-state index in [0.717, 1.165) is 23.1 Å². The van der Waals surface area contributed by atoms with Crippen LogP contribution in [0.3, 0.4) is 0 Å². The van der Waals surface area contributed by atoms with Crippen molar-refractivity contribution in [2.75, 3.05) is 5.75 Å². The van der Waals surface area contributed by atoms with Gasteiger partial charge in [0.15, 0.2) is 9.84 Å². The fraction of sp³-hybridized carbons (Fsp3) is 0.333. The summed E-state index contributed by atoms with van der Waals surface area (Å²) in [6.07, 6.45) is 1.64. The lowest BCUT2D eigenvalue weighted by molar-refractivity contribution is -0.116. The topological polar surface area (TPSA) is 77.2 Å². The molecule has 0 N–H and O–H groups in total. The molecule has 0 amide bonds. The van der Waals surface area contributed by atoms with Crippen molar-refractivity contribution >= 4 is 15.6 Å². The minimum Gasteiger partial charge on any atom is -0.441 e. The fourth-order valence-corrected chi connectivity index (χ4v) is 4.73. The van der Waals surface area contributed by atoms with Crippen LogP contribution in [-0.2, 0) is 26.8 Å². The average molecular weight is 426 g/mol. The average Bonchev–Trinajstić information content (AvgIpc) is 3.02. The molecule has 0 saturated carbocycles. The predicted molar refractivity (Wildman–Crippen MR) is 118 cm³/mol. The second kappa shape index (κ2) is 9.39. The number of nitrogens with zero attached hydrogens (tertiary/aromatic N) is 1. The molecule has 5 nitrogen and oxygen atoms in total. The molecule has 0 aliphatic rings. The summed E-state index contributed by atoms with van der Waals surface area (Å²) in [5.74, 6) is -0.156. The van der Waals surface area contributed by atoms with Gasteiger partial charge in [0.1, 0.15) is 17.3 Å². The van der Waals surface area contributed by atoms with Crippen LogP contribution < -0.4 is 0 Å². The first-order valence-electron chi connectivity index (χ1n) is 10.0.